The Morgan fingerprint density at radius 3 is 1.21 bits per heavy atom. The molecule has 0 fully saturated rings. The molecular weight excluding hydrogens is 331 g/mol. The quantitative estimate of drug-likeness (QED) is 0.224. The summed E-state index contributed by atoms with van der Waals surface area (Å²) in [6.07, 6.45) is 23.5. The molecule has 0 nitrogen and oxygen atoms in total. The molecule has 0 rings (SSSR count). The molecule has 19 heavy (non-hydrogen) atoms. The van der Waals surface area contributed by atoms with Gasteiger partial charge in [-0.2, -0.15) is 0 Å². The Morgan fingerprint density at radius 1 is 0.579 bits per heavy atom. The second-order valence-corrected chi connectivity index (χ2v) is 5.67. The van der Waals surface area contributed by atoms with Crippen molar-refractivity contribution in [2.75, 3.05) is 0 Å². The van der Waals surface area contributed by atoms with Gasteiger partial charge in [-0.25, -0.2) is 0 Å². The van der Waals surface area contributed by atoms with Crippen LogP contribution in [-0.4, -0.2) is 25.8 Å². The molecule has 111 valence electrons. The van der Waals surface area contributed by atoms with E-state index in [2.05, 4.69) is 13.5 Å². The summed E-state index contributed by atoms with van der Waals surface area (Å²) in [5, 5.41) is 0. The van der Waals surface area contributed by atoms with Gasteiger partial charge in [-0.15, -0.1) is 6.58 Å². The maximum absolute atomic E-state index is 3.76. The first kappa shape index (κ1) is 21.9. The summed E-state index contributed by atoms with van der Waals surface area (Å²) in [5.74, 6) is 0. The van der Waals surface area contributed by atoms with Gasteiger partial charge < -0.3 is 0 Å². The van der Waals surface area contributed by atoms with E-state index in [-0.39, 0.29) is 25.8 Å². The van der Waals surface area contributed by atoms with Gasteiger partial charge >= 0.3 is 0 Å². The predicted molar refractivity (Wildman–Crippen MR) is 90.9 cm³/mol. The second-order valence-electron chi connectivity index (χ2n) is 5.67. The van der Waals surface area contributed by atoms with Crippen LogP contribution in [0, 0.1) is 0 Å². The monoisotopic (exact) mass is 367 g/mol. The minimum absolute atomic E-state index is 0. The number of hydrogen-bond acceptors (Lipinski definition) is 0. The zero-order valence-electron chi connectivity index (χ0n) is 13.5. The van der Waals surface area contributed by atoms with Crippen molar-refractivity contribution in [2.45, 2.75) is 103 Å². The molecule has 0 unspecified atom stereocenters. The third-order valence-corrected chi connectivity index (χ3v) is 3.76. The van der Waals surface area contributed by atoms with E-state index in [4.69, 9.17) is 0 Å². The van der Waals surface area contributed by atoms with Gasteiger partial charge in [0.15, 0.2) is 0 Å². The smallest absolute Gasteiger partial charge is 0 e. The molecule has 1 heteroatoms. The van der Waals surface area contributed by atoms with Crippen LogP contribution in [0.4, 0.5) is 0 Å². The van der Waals surface area contributed by atoms with E-state index >= 15 is 0 Å². The minimum atomic E-state index is 0. The second kappa shape index (κ2) is 20.9. The van der Waals surface area contributed by atoms with Crippen LogP contribution in [0.5, 0.6) is 0 Å². The maximum atomic E-state index is 3.76. The van der Waals surface area contributed by atoms with E-state index in [1.54, 1.807) is 0 Å². The third-order valence-electron chi connectivity index (χ3n) is 3.76. The summed E-state index contributed by atoms with van der Waals surface area (Å²) in [5.41, 5.74) is 0. The van der Waals surface area contributed by atoms with Gasteiger partial charge in [0.05, 0.1) is 0 Å². The Hall–Kier alpha value is 0.610. The molecule has 0 aromatic rings. The van der Waals surface area contributed by atoms with Gasteiger partial charge in [-0.05, 0) is 12.8 Å². The first-order valence-corrected chi connectivity index (χ1v) is 8.52. The van der Waals surface area contributed by atoms with E-state index in [0.29, 0.717) is 0 Å². The molecule has 0 bridgehead atoms. The van der Waals surface area contributed by atoms with Crippen molar-refractivity contribution in [2.24, 2.45) is 0 Å². The summed E-state index contributed by atoms with van der Waals surface area (Å²) < 4.78 is 0. The predicted octanol–water partition coefficient (Wildman–Crippen LogP) is 6.66. The van der Waals surface area contributed by atoms with Crippen molar-refractivity contribution >= 4 is 25.8 Å². The van der Waals surface area contributed by atoms with Crippen LogP contribution in [0.2, 0.25) is 0 Å². The van der Waals surface area contributed by atoms with Crippen molar-refractivity contribution in [1.82, 2.24) is 0 Å². The molecule has 0 aromatic carbocycles. The van der Waals surface area contributed by atoms with Crippen molar-refractivity contribution in [3.63, 3.8) is 0 Å². The average Bonchev–Trinajstić information content (AvgIpc) is 2.39. The van der Waals surface area contributed by atoms with E-state index in [1.165, 1.54) is 96.3 Å². The number of hydrogen-bond donors (Lipinski definition) is 0. The maximum Gasteiger partial charge on any atom is 0 e. The van der Waals surface area contributed by atoms with E-state index < -0.39 is 0 Å². The summed E-state index contributed by atoms with van der Waals surface area (Å²) in [6, 6.07) is 0. The van der Waals surface area contributed by atoms with Crippen LogP contribution in [0.25, 0.3) is 0 Å². The molecule has 3 radical (unpaired) electrons. The molecule has 0 aliphatic rings. The first-order valence-electron chi connectivity index (χ1n) is 8.52. The fraction of sp³-hybridized carbons (Fsp3) is 0.889. The fourth-order valence-corrected chi connectivity index (χ4v) is 2.48. The molecule has 0 saturated heterocycles. The number of unbranched alkanes of at least 4 members (excludes halogenated alkanes) is 14. The average molecular weight is 367 g/mol. The zero-order chi connectivity index (χ0) is 13.3. The molecule has 0 spiro atoms. The topological polar surface area (TPSA) is 0 Å². The molecule has 0 aliphatic heterocycles. The van der Waals surface area contributed by atoms with E-state index in [9.17, 15) is 0 Å². The molecule has 0 N–H and O–H groups in total. The molecule has 0 saturated carbocycles. The Labute approximate surface area is 141 Å². The summed E-state index contributed by atoms with van der Waals surface area (Å²) in [7, 11) is 0. The van der Waals surface area contributed by atoms with Crippen LogP contribution in [0.15, 0.2) is 12.7 Å². The summed E-state index contributed by atoms with van der Waals surface area (Å²) in [4.78, 5) is 0. The van der Waals surface area contributed by atoms with Gasteiger partial charge in [-0.1, -0.05) is 96.5 Å². The van der Waals surface area contributed by atoms with Crippen LogP contribution >= 0.6 is 0 Å². The standard InChI is InChI=1S/C18H36.In/c1-3-5-7-9-11-13-15-17-18-16-14-12-10-8-6-4-2;/h3H,1,4-18H2,2H3;. The van der Waals surface area contributed by atoms with Crippen LogP contribution < -0.4 is 0 Å². The van der Waals surface area contributed by atoms with Gasteiger partial charge in [0.1, 0.15) is 0 Å². The van der Waals surface area contributed by atoms with Crippen molar-refractivity contribution in [1.29, 1.82) is 0 Å². The molecular formula is C18H36In. The normalized spacial score (nSPS) is 10.2. The Morgan fingerprint density at radius 2 is 0.895 bits per heavy atom. The fourth-order valence-electron chi connectivity index (χ4n) is 2.48. The Kier molecular flexibility index (Phi) is 24.1. The van der Waals surface area contributed by atoms with Crippen molar-refractivity contribution < 1.29 is 0 Å². The van der Waals surface area contributed by atoms with Crippen molar-refractivity contribution in [3.8, 4) is 0 Å². The summed E-state index contributed by atoms with van der Waals surface area (Å²) >= 11 is 0. The zero-order valence-corrected chi connectivity index (χ0v) is 16.8. The van der Waals surface area contributed by atoms with Crippen LogP contribution in [-0.2, 0) is 0 Å². The van der Waals surface area contributed by atoms with E-state index in [0.717, 1.165) is 0 Å². The first-order chi connectivity index (χ1) is 8.91. The number of rotatable bonds is 15. The molecule has 0 aliphatic carbocycles. The third kappa shape index (κ3) is 21.1. The summed E-state index contributed by atoms with van der Waals surface area (Å²) in [6.45, 7) is 6.05. The van der Waals surface area contributed by atoms with Gasteiger partial charge in [0, 0.05) is 25.8 Å². The molecule has 0 amide bonds. The Bertz CT molecular complexity index is 154. The van der Waals surface area contributed by atoms with Gasteiger partial charge in [-0.3, -0.25) is 0 Å². The molecule has 0 atom stereocenters. The SMILES string of the molecule is C=CCCCCCCCCCCCCCCCC.[In]. The molecule has 0 heterocycles. The molecule has 0 aromatic heterocycles. The van der Waals surface area contributed by atoms with E-state index in [1.807, 2.05) is 6.08 Å². The van der Waals surface area contributed by atoms with Gasteiger partial charge in [0.25, 0.3) is 0 Å². The van der Waals surface area contributed by atoms with Gasteiger partial charge in [0.2, 0.25) is 0 Å². The van der Waals surface area contributed by atoms with Crippen molar-refractivity contribution in [3.05, 3.63) is 12.7 Å². The number of allylic oxidation sites excluding steroid dienone is 1. The largest absolute Gasteiger partial charge is 0.103 e. The Balaban J connectivity index is 0. The van der Waals surface area contributed by atoms with Crippen LogP contribution in [0.3, 0.4) is 0 Å². The van der Waals surface area contributed by atoms with Crippen LogP contribution in [0.1, 0.15) is 103 Å². The minimum Gasteiger partial charge on any atom is -0.103 e.